The highest BCUT2D eigenvalue weighted by Crippen LogP contribution is 2.20. The zero-order chi connectivity index (χ0) is 20.1. The number of amides is 1. The zero-order valence-corrected chi connectivity index (χ0v) is 16.6. The number of hydrogen-bond acceptors (Lipinski definition) is 5. The van der Waals surface area contributed by atoms with Gasteiger partial charge in [0, 0.05) is 57.9 Å². The molecule has 2 aromatic heterocycles. The topological polar surface area (TPSA) is 52.6 Å². The van der Waals surface area contributed by atoms with E-state index >= 15 is 0 Å². The second-order valence-corrected chi connectivity index (χ2v) is 7.21. The number of nitrogens with zero attached hydrogens (tertiary/aromatic N) is 5. The Morgan fingerprint density at radius 1 is 0.897 bits per heavy atom. The number of benzene rings is 1. The van der Waals surface area contributed by atoms with E-state index in [9.17, 15) is 4.79 Å². The van der Waals surface area contributed by atoms with Crippen molar-refractivity contribution in [3.05, 3.63) is 84.3 Å². The normalized spacial score (nSPS) is 14.0. The van der Waals surface area contributed by atoms with E-state index in [1.165, 1.54) is 0 Å². The van der Waals surface area contributed by atoms with E-state index in [1.54, 1.807) is 11.1 Å². The van der Waals surface area contributed by atoms with E-state index in [0.717, 1.165) is 43.2 Å². The molecular formula is C23H25N5O. The summed E-state index contributed by atoms with van der Waals surface area (Å²) in [5.74, 6) is 0.947. The number of anilines is 2. The lowest BCUT2D eigenvalue weighted by atomic mass is 10.2. The second kappa shape index (κ2) is 8.73. The minimum absolute atomic E-state index is 0.0668. The molecule has 0 atom stereocenters. The van der Waals surface area contributed by atoms with Gasteiger partial charge in [-0.1, -0.05) is 36.4 Å². The fraction of sp³-hybridized carbons (Fsp3) is 0.261. The quantitative estimate of drug-likeness (QED) is 0.673. The van der Waals surface area contributed by atoms with Gasteiger partial charge in [0.1, 0.15) is 11.5 Å². The summed E-state index contributed by atoms with van der Waals surface area (Å²) in [4.78, 5) is 27.9. The van der Waals surface area contributed by atoms with Gasteiger partial charge in [-0.2, -0.15) is 0 Å². The zero-order valence-electron chi connectivity index (χ0n) is 16.6. The van der Waals surface area contributed by atoms with Crippen molar-refractivity contribution < 1.29 is 4.79 Å². The molecule has 29 heavy (non-hydrogen) atoms. The third-order valence-electron chi connectivity index (χ3n) is 5.19. The van der Waals surface area contributed by atoms with Crippen LogP contribution in [0.2, 0.25) is 0 Å². The molecule has 3 heterocycles. The minimum Gasteiger partial charge on any atom is -0.368 e. The molecule has 1 fully saturated rings. The number of piperazine rings is 1. The van der Waals surface area contributed by atoms with Crippen LogP contribution in [0.5, 0.6) is 0 Å². The maximum Gasteiger partial charge on any atom is 0.272 e. The van der Waals surface area contributed by atoms with Crippen molar-refractivity contribution in [3.8, 4) is 0 Å². The SMILES string of the molecule is CN(Cc1ccccc1)C(=O)c1cc(N2CCN(c3ccccn3)CC2)ccn1. The van der Waals surface area contributed by atoms with Crippen LogP contribution >= 0.6 is 0 Å². The number of aromatic nitrogens is 2. The molecule has 1 aliphatic rings. The molecule has 4 rings (SSSR count). The molecule has 3 aromatic rings. The van der Waals surface area contributed by atoms with Gasteiger partial charge in [-0.15, -0.1) is 0 Å². The first-order chi connectivity index (χ1) is 14.2. The minimum atomic E-state index is -0.0668. The Morgan fingerprint density at radius 3 is 2.34 bits per heavy atom. The summed E-state index contributed by atoms with van der Waals surface area (Å²) in [6.07, 6.45) is 3.55. The van der Waals surface area contributed by atoms with Crippen LogP contribution in [0.4, 0.5) is 11.5 Å². The molecule has 6 nitrogen and oxygen atoms in total. The van der Waals surface area contributed by atoms with E-state index in [-0.39, 0.29) is 5.91 Å². The summed E-state index contributed by atoms with van der Waals surface area (Å²) >= 11 is 0. The fourth-order valence-corrected chi connectivity index (χ4v) is 3.59. The van der Waals surface area contributed by atoms with E-state index in [1.807, 2.05) is 73.9 Å². The summed E-state index contributed by atoms with van der Waals surface area (Å²) < 4.78 is 0. The molecule has 0 unspecified atom stereocenters. The van der Waals surface area contributed by atoms with Gasteiger partial charge in [-0.3, -0.25) is 9.78 Å². The maximum atomic E-state index is 12.8. The van der Waals surface area contributed by atoms with Crippen LogP contribution in [0.1, 0.15) is 16.1 Å². The lowest BCUT2D eigenvalue weighted by molar-refractivity contribution is 0.0779. The van der Waals surface area contributed by atoms with Crippen molar-refractivity contribution in [2.75, 3.05) is 43.0 Å². The molecule has 1 aromatic carbocycles. The van der Waals surface area contributed by atoms with Gasteiger partial charge >= 0.3 is 0 Å². The molecule has 0 spiro atoms. The number of carbonyl (C=O) groups excluding carboxylic acids is 1. The molecule has 0 aliphatic carbocycles. The van der Waals surface area contributed by atoms with Gasteiger partial charge < -0.3 is 14.7 Å². The molecule has 6 heteroatoms. The average Bonchev–Trinajstić information content (AvgIpc) is 2.80. The first-order valence-electron chi connectivity index (χ1n) is 9.87. The summed E-state index contributed by atoms with van der Waals surface area (Å²) in [7, 11) is 1.81. The van der Waals surface area contributed by atoms with Gasteiger partial charge in [-0.05, 0) is 29.8 Å². The van der Waals surface area contributed by atoms with Gasteiger partial charge in [0.15, 0.2) is 0 Å². The van der Waals surface area contributed by atoms with Crippen molar-refractivity contribution in [3.63, 3.8) is 0 Å². The predicted molar refractivity (Wildman–Crippen MR) is 115 cm³/mol. The molecule has 0 radical (unpaired) electrons. The molecule has 1 amide bonds. The van der Waals surface area contributed by atoms with Crippen LogP contribution in [0.25, 0.3) is 0 Å². The van der Waals surface area contributed by atoms with Crippen LogP contribution in [0, 0.1) is 0 Å². The number of rotatable bonds is 5. The Hall–Kier alpha value is -3.41. The third-order valence-corrected chi connectivity index (χ3v) is 5.19. The Balaban J connectivity index is 1.40. The van der Waals surface area contributed by atoms with E-state index in [0.29, 0.717) is 12.2 Å². The van der Waals surface area contributed by atoms with E-state index in [2.05, 4.69) is 19.8 Å². The van der Waals surface area contributed by atoms with Crippen LogP contribution < -0.4 is 9.80 Å². The number of carbonyl (C=O) groups is 1. The number of hydrogen-bond donors (Lipinski definition) is 0. The second-order valence-electron chi connectivity index (χ2n) is 7.21. The Kier molecular flexibility index (Phi) is 5.70. The molecule has 0 saturated carbocycles. The smallest absolute Gasteiger partial charge is 0.272 e. The lowest BCUT2D eigenvalue weighted by Crippen LogP contribution is -2.46. The van der Waals surface area contributed by atoms with Crippen molar-refractivity contribution in [2.45, 2.75) is 6.54 Å². The lowest BCUT2D eigenvalue weighted by Gasteiger charge is -2.36. The van der Waals surface area contributed by atoms with E-state index < -0.39 is 0 Å². The Morgan fingerprint density at radius 2 is 1.62 bits per heavy atom. The first-order valence-corrected chi connectivity index (χ1v) is 9.87. The van der Waals surface area contributed by atoms with Gasteiger partial charge in [0.05, 0.1) is 0 Å². The monoisotopic (exact) mass is 387 g/mol. The van der Waals surface area contributed by atoms with Gasteiger partial charge in [0.25, 0.3) is 5.91 Å². The summed E-state index contributed by atoms with van der Waals surface area (Å²) in [6, 6.07) is 19.9. The fourth-order valence-electron chi connectivity index (χ4n) is 3.59. The highest BCUT2D eigenvalue weighted by Gasteiger charge is 2.20. The van der Waals surface area contributed by atoms with Crippen molar-refractivity contribution in [1.82, 2.24) is 14.9 Å². The van der Waals surface area contributed by atoms with Crippen LogP contribution in [-0.2, 0) is 6.54 Å². The van der Waals surface area contributed by atoms with Crippen LogP contribution in [0.3, 0.4) is 0 Å². The predicted octanol–water partition coefficient (Wildman–Crippen LogP) is 3.08. The highest BCUT2D eigenvalue weighted by molar-refractivity contribution is 5.93. The molecule has 1 saturated heterocycles. The summed E-state index contributed by atoms with van der Waals surface area (Å²) in [5.41, 5.74) is 2.62. The first kappa shape index (κ1) is 18.9. The maximum absolute atomic E-state index is 12.8. The van der Waals surface area contributed by atoms with Gasteiger partial charge in [0.2, 0.25) is 0 Å². The van der Waals surface area contributed by atoms with Crippen molar-refractivity contribution in [1.29, 1.82) is 0 Å². The standard InChI is InChI=1S/C23H25N5O/c1-26(18-19-7-3-2-4-8-19)23(29)21-17-20(10-12-24-21)27-13-15-28(16-14-27)22-9-5-6-11-25-22/h2-12,17H,13-16,18H2,1H3. The Labute approximate surface area is 171 Å². The number of pyridine rings is 2. The molecule has 0 N–H and O–H groups in total. The van der Waals surface area contributed by atoms with Crippen LogP contribution in [-0.4, -0.2) is 54.0 Å². The molecule has 148 valence electrons. The molecular weight excluding hydrogens is 362 g/mol. The molecule has 0 bridgehead atoms. The van der Waals surface area contributed by atoms with E-state index in [4.69, 9.17) is 0 Å². The van der Waals surface area contributed by atoms with Crippen LogP contribution in [0.15, 0.2) is 73.1 Å². The summed E-state index contributed by atoms with van der Waals surface area (Å²) in [5, 5.41) is 0. The summed E-state index contributed by atoms with van der Waals surface area (Å²) in [6.45, 7) is 4.13. The molecule has 1 aliphatic heterocycles. The van der Waals surface area contributed by atoms with Gasteiger partial charge in [-0.25, -0.2) is 4.98 Å². The Bertz CT molecular complexity index is 940. The average molecular weight is 387 g/mol. The largest absolute Gasteiger partial charge is 0.368 e. The van der Waals surface area contributed by atoms with Crippen molar-refractivity contribution >= 4 is 17.4 Å². The van der Waals surface area contributed by atoms with Crippen molar-refractivity contribution in [2.24, 2.45) is 0 Å². The highest BCUT2D eigenvalue weighted by atomic mass is 16.2. The third kappa shape index (κ3) is 4.54.